The Bertz CT molecular complexity index is 1240. The SMILES string of the molecule is Cc1cc(C)c(-c2nc(-c3ccc(N)cc3O)nc(-c3c(C)cc(C)cc3C)n2)c(C)c1. The molecule has 3 aromatic carbocycles. The van der Waals surface area contributed by atoms with Gasteiger partial charge < -0.3 is 10.8 Å². The van der Waals surface area contributed by atoms with Crippen molar-refractivity contribution in [3.05, 3.63) is 75.8 Å². The number of nitrogens with zero attached hydrogens (tertiary/aromatic N) is 3. The third-order valence-electron chi connectivity index (χ3n) is 5.70. The second-order valence-corrected chi connectivity index (χ2v) is 8.63. The molecule has 162 valence electrons. The Balaban J connectivity index is 2.05. The Morgan fingerprint density at radius 1 is 0.594 bits per heavy atom. The summed E-state index contributed by atoms with van der Waals surface area (Å²) in [5, 5.41) is 10.6. The number of nitrogens with two attached hydrogens (primary N) is 1. The van der Waals surface area contributed by atoms with Gasteiger partial charge in [-0.3, -0.25) is 0 Å². The van der Waals surface area contributed by atoms with Gasteiger partial charge in [-0.05, 0) is 75.9 Å². The average molecular weight is 425 g/mol. The van der Waals surface area contributed by atoms with Gasteiger partial charge >= 0.3 is 0 Å². The molecule has 0 unspecified atom stereocenters. The van der Waals surface area contributed by atoms with E-state index in [1.54, 1.807) is 12.1 Å². The van der Waals surface area contributed by atoms with E-state index in [0.29, 0.717) is 28.7 Å². The molecule has 0 spiro atoms. The molecule has 0 aliphatic heterocycles. The van der Waals surface area contributed by atoms with Gasteiger partial charge in [0.2, 0.25) is 0 Å². The number of rotatable bonds is 3. The Morgan fingerprint density at radius 3 is 1.41 bits per heavy atom. The summed E-state index contributed by atoms with van der Waals surface area (Å²) in [4.78, 5) is 14.5. The highest BCUT2D eigenvalue weighted by atomic mass is 16.3. The molecule has 0 amide bonds. The highest BCUT2D eigenvalue weighted by molar-refractivity contribution is 5.75. The Labute approximate surface area is 189 Å². The Kier molecular flexibility index (Phi) is 5.43. The lowest BCUT2D eigenvalue weighted by molar-refractivity contribution is 0.477. The van der Waals surface area contributed by atoms with Gasteiger partial charge in [0, 0.05) is 22.9 Å². The van der Waals surface area contributed by atoms with Crippen LogP contribution < -0.4 is 5.73 Å². The van der Waals surface area contributed by atoms with Crippen LogP contribution in [0.3, 0.4) is 0 Å². The van der Waals surface area contributed by atoms with E-state index >= 15 is 0 Å². The second kappa shape index (κ2) is 8.08. The first-order valence-corrected chi connectivity index (χ1v) is 10.7. The third-order valence-corrected chi connectivity index (χ3v) is 5.70. The Hall–Kier alpha value is -3.73. The lowest BCUT2D eigenvalue weighted by Gasteiger charge is -2.15. The van der Waals surface area contributed by atoms with Crippen molar-refractivity contribution in [2.24, 2.45) is 0 Å². The summed E-state index contributed by atoms with van der Waals surface area (Å²) in [5.41, 5.74) is 15.6. The smallest absolute Gasteiger partial charge is 0.167 e. The van der Waals surface area contributed by atoms with Crippen molar-refractivity contribution in [2.45, 2.75) is 41.5 Å². The molecule has 4 rings (SSSR count). The van der Waals surface area contributed by atoms with Crippen LogP contribution in [-0.2, 0) is 0 Å². The number of benzene rings is 3. The van der Waals surface area contributed by atoms with Gasteiger partial charge in [-0.2, -0.15) is 0 Å². The summed E-state index contributed by atoms with van der Waals surface area (Å²) < 4.78 is 0. The van der Waals surface area contributed by atoms with E-state index in [4.69, 9.17) is 20.7 Å². The van der Waals surface area contributed by atoms with Gasteiger partial charge in [0.15, 0.2) is 17.5 Å². The molecule has 0 saturated carbocycles. The van der Waals surface area contributed by atoms with Crippen LogP contribution in [0.4, 0.5) is 5.69 Å². The fourth-order valence-corrected chi connectivity index (χ4v) is 4.52. The molecule has 0 radical (unpaired) electrons. The fraction of sp³-hybridized carbons (Fsp3) is 0.222. The highest BCUT2D eigenvalue weighted by Crippen LogP contribution is 2.34. The zero-order valence-electron chi connectivity index (χ0n) is 19.4. The van der Waals surface area contributed by atoms with Crippen molar-refractivity contribution in [1.82, 2.24) is 15.0 Å². The standard InChI is InChI=1S/C27H28N4O/c1-14-9-16(3)23(17(4)10-14)26-29-25(21-8-7-20(28)13-22(21)32)30-27(31-26)24-18(5)11-15(2)12-19(24)6/h7-13,32H,28H2,1-6H3. The number of aryl methyl sites for hydroxylation is 6. The maximum Gasteiger partial charge on any atom is 0.167 e. The molecule has 0 fully saturated rings. The Morgan fingerprint density at radius 2 is 1.00 bits per heavy atom. The molecular formula is C27H28N4O. The molecule has 32 heavy (non-hydrogen) atoms. The summed E-state index contributed by atoms with van der Waals surface area (Å²) in [5.74, 6) is 1.65. The third kappa shape index (κ3) is 3.94. The van der Waals surface area contributed by atoms with Crippen LogP contribution in [0.1, 0.15) is 33.4 Å². The molecule has 4 aromatic rings. The minimum absolute atomic E-state index is 0.0443. The molecule has 0 bridgehead atoms. The van der Waals surface area contributed by atoms with Crippen LogP contribution in [0.5, 0.6) is 5.75 Å². The van der Waals surface area contributed by atoms with Crippen LogP contribution in [-0.4, -0.2) is 20.1 Å². The van der Waals surface area contributed by atoms with Gasteiger partial charge in [0.25, 0.3) is 0 Å². The number of phenolic OH excluding ortho intramolecular Hbond substituents is 1. The van der Waals surface area contributed by atoms with E-state index in [2.05, 4.69) is 65.8 Å². The summed E-state index contributed by atoms with van der Waals surface area (Å²) in [6.07, 6.45) is 0. The van der Waals surface area contributed by atoms with Crippen molar-refractivity contribution in [3.63, 3.8) is 0 Å². The first kappa shape index (κ1) is 21.5. The number of hydrogen-bond acceptors (Lipinski definition) is 5. The summed E-state index contributed by atoms with van der Waals surface area (Å²) >= 11 is 0. The second-order valence-electron chi connectivity index (χ2n) is 8.63. The van der Waals surface area contributed by atoms with Crippen molar-refractivity contribution in [3.8, 4) is 39.9 Å². The lowest BCUT2D eigenvalue weighted by Crippen LogP contribution is -2.04. The van der Waals surface area contributed by atoms with Crippen LogP contribution in [0, 0.1) is 41.5 Å². The van der Waals surface area contributed by atoms with Gasteiger partial charge in [0.1, 0.15) is 5.75 Å². The molecule has 0 saturated heterocycles. The monoisotopic (exact) mass is 424 g/mol. The zero-order valence-corrected chi connectivity index (χ0v) is 19.4. The molecule has 0 aliphatic rings. The van der Waals surface area contributed by atoms with Crippen molar-refractivity contribution < 1.29 is 5.11 Å². The predicted octanol–water partition coefficient (Wildman–Crippen LogP) is 6.01. The van der Waals surface area contributed by atoms with Crippen molar-refractivity contribution in [1.29, 1.82) is 0 Å². The molecule has 1 heterocycles. The van der Waals surface area contributed by atoms with Crippen LogP contribution in [0.25, 0.3) is 34.2 Å². The van der Waals surface area contributed by atoms with E-state index in [1.165, 1.54) is 17.2 Å². The van der Waals surface area contributed by atoms with Crippen LogP contribution in [0.15, 0.2) is 42.5 Å². The van der Waals surface area contributed by atoms with Gasteiger partial charge in [-0.15, -0.1) is 0 Å². The van der Waals surface area contributed by atoms with Gasteiger partial charge in [-0.25, -0.2) is 15.0 Å². The fourth-order valence-electron chi connectivity index (χ4n) is 4.52. The number of phenols is 1. The number of aromatic nitrogens is 3. The maximum absolute atomic E-state index is 10.6. The van der Waals surface area contributed by atoms with Gasteiger partial charge in [-0.1, -0.05) is 35.4 Å². The lowest BCUT2D eigenvalue weighted by atomic mass is 9.97. The molecule has 0 atom stereocenters. The molecule has 1 aromatic heterocycles. The summed E-state index contributed by atoms with van der Waals surface area (Å²) in [6.45, 7) is 12.4. The minimum atomic E-state index is 0.0443. The zero-order chi connectivity index (χ0) is 23.2. The molecule has 5 heteroatoms. The van der Waals surface area contributed by atoms with E-state index < -0.39 is 0 Å². The quantitative estimate of drug-likeness (QED) is 0.393. The topological polar surface area (TPSA) is 84.9 Å². The van der Waals surface area contributed by atoms with E-state index in [0.717, 1.165) is 33.4 Å². The van der Waals surface area contributed by atoms with Crippen LogP contribution >= 0.6 is 0 Å². The number of nitrogen functional groups attached to an aromatic ring is 1. The number of aromatic hydroxyl groups is 1. The van der Waals surface area contributed by atoms with E-state index in [-0.39, 0.29) is 5.75 Å². The van der Waals surface area contributed by atoms with Gasteiger partial charge in [0.05, 0.1) is 5.56 Å². The first-order valence-electron chi connectivity index (χ1n) is 10.7. The summed E-state index contributed by atoms with van der Waals surface area (Å²) in [7, 11) is 0. The summed E-state index contributed by atoms with van der Waals surface area (Å²) in [6, 6.07) is 13.5. The first-order chi connectivity index (χ1) is 15.1. The number of hydrogen-bond donors (Lipinski definition) is 2. The maximum atomic E-state index is 10.6. The normalized spacial score (nSPS) is 11.1. The molecule has 5 nitrogen and oxygen atoms in total. The minimum Gasteiger partial charge on any atom is -0.507 e. The largest absolute Gasteiger partial charge is 0.507 e. The van der Waals surface area contributed by atoms with E-state index in [9.17, 15) is 5.11 Å². The molecular weight excluding hydrogens is 396 g/mol. The van der Waals surface area contributed by atoms with Crippen LogP contribution in [0.2, 0.25) is 0 Å². The molecule has 3 N–H and O–H groups in total. The average Bonchev–Trinajstić information content (AvgIpc) is 2.66. The van der Waals surface area contributed by atoms with Crippen molar-refractivity contribution in [2.75, 3.05) is 5.73 Å². The number of anilines is 1. The van der Waals surface area contributed by atoms with E-state index in [1.807, 2.05) is 0 Å². The predicted molar refractivity (Wildman–Crippen MR) is 131 cm³/mol. The molecule has 0 aliphatic carbocycles. The highest BCUT2D eigenvalue weighted by Gasteiger charge is 2.19. The van der Waals surface area contributed by atoms with Crippen molar-refractivity contribution >= 4 is 5.69 Å².